The van der Waals surface area contributed by atoms with Crippen molar-refractivity contribution < 1.29 is 4.39 Å². The van der Waals surface area contributed by atoms with Gasteiger partial charge < -0.3 is 0 Å². The summed E-state index contributed by atoms with van der Waals surface area (Å²) in [6, 6.07) is 5.47. The molecule has 1 aliphatic heterocycles. The van der Waals surface area contributed by atoms with Crippen molar-refractivity contribution in [2.75, 3.05) is 26.8 Å². The van der Waals surface area contributed by atoms with Gasteiger partial charge in [-0.3, -0.25) is 9.80 Å². The number of hydrogen-bond acceptors (Lipinski definition) is 2. The van der Waals surface area contributed by atoms with E-state index in [9.17, 15) is 4.39 Å². The van der Waals surface area contributed by atoms with Crippen LogP contribution in [0.1, 0.15) is 25.0 Å². The normalized spacial score (nSPS) is 16.8. The molecule has 0 unspecified atom stereocenters. The molecule has 0 atom stereocenters. The third-order valence-electron chi connectivity index (χ3n) is 2.84. The van der Waals surface area contributed by atoms with E-state index in [1.54, 1.807) is 6.07 Å². The molecule has 1 aromatic carbocycles. The summed E-state index contributed by atoms with van der Waals surface area (Å²) in [5.74, 6) is -0.0791. The van der Waals surface area contributed by atoms with E-state index in [1.165, 1.54) is 0 Å². The van der Waals surface area contributed by atoms with Crippen molar-refractivity contribution in [2.45, 2.75) is 27.3 Å². The maximum Gasteiger partial charge on any atom is 0.127 e. The van der Waals surface area contributed by atoms with Gasteiger partial charge in [-0.15, -0.1) is 0 Å². The molecule has 96 valence electrons. The first-order chi connectivity index (χ1) is 8.15. The summed E-state index contributed by atoms with van der Waals surface area (Å²) in [4.78, 5) is 4.50. The molecule has 2 nitrogen and oxygen atoms in total. The average molecular weight is 238 g/mol. The monoisotopic (exact) mass is 238 g/mol. The zero-order valence-corrected chi connectivity index (χ0v) is 11.3. The van der Waals surface area contributed by atoms with E-state index in [4.69, 9.17) is 0 Å². The molecule has 0 aromatic heterocycles. The topological polar surface area (TPSA) is 6.48 Å². The molecule has 0 bridgehead atoms. The lowest BCUT2D eigenvalue weighted by molar-refractivity contribution is 0.265. The Bertz CT molecular complexity index is 352. The number of likely N-dealkylation sites (N-methyl/N-ethyl adjacent to an activating group) is 1. The van der Waals surface area contributed by atoms with Gasteiger partial charge in [0.05, 0.1) is 6.67 Å². The minimum absolute atomic E-state index is 0.0791. The Morgan fingerprint density at radius 1 is 1.24 bits per heavy atom. The summed E-state index contributed by atoms with van der Waals surface area (Å²) in [5.41, 5.74) is 1.78. The third kappa shape index (κ3) is 4.10. The van der Waals surface area contributed by atoms with E-state index in [0.717, 1.165) is 37.4 Å². The van der Waals surface area contributed by atoms with E-state index >= 15 is 0 Å². The van der Waals surface area contributed by atoms with Crippen LogP contribution in [0, 0.1) is 12.7 Å². The van der Waals surface area contributed by atoms with Gasteiger partial charge in [0.15, 0.2) is 0 Å². The fraction of sp³-hybridized carbons (Fsp3) is 0.571. The fourth-order valence-corrected chi connectivity index (χ4v) is 1.95. The van der Waals surface area contributed by atoms with Crippen LogP contribution in [-0.4, -0.2) is 36.6 Å². The van der Waals surface area contributed by atoms with Crippen LogP contribution >= 0.6 is 0 Å². The molecule has 17 heavy (non-hydrogen) atoms. The van der Waals surface area contributed by atoms with Crippen LogP contribution in [0.25, 0.3) is 0 Å². The zero-order chi connectivity index (χ0) is 12.8. The molecular weight excluding hydrogens is 215 g/mol. The van der Waals surface area contributed by atoms with Gasteiger partial charge in [-0.25, -0.2) is 4.39 Å². The quantitative estimate of drug-likeness (QED) is 0.781. The first-order valence-corrected chi connectivity index (χ1v) is 6.31. The first kappa shape index (κ1) is 14.1. The molecule has 0 saturated carbocycles. The Hall–Kier alpha value is -0.930. The van der Waals surface area contributed by atoms with Crippen molar-refractivity contribution in [3.63, 3.8) is 0 Å². The predicted octanol–water partition coefficient (Wildman–Crippen LogP) is 2.87. The highest BCUT2D eigenvalue weighted by Gasteiger charge is 2.17. The van der Waals surface area contributed by atoms with Gasteiger partial charge in [-0.05, 0) is 25.6 Å². The predicted molar refractivity (Wildman–Crippen MR) is 70.4 cm³/mol. The SMILES string of the molecule is CC.Cc1ccc(CN2CCN(C)C2)c(F)c1. The average Bonchev–Trinajstić information content (AvgIpc) is 2.71. The molecule has 1 heterocycles. The highest BCUT2D eigenvalue weighted by atomic mass is 19.1. The minimum Gasteiger partial charge on any atom is -0.292 e. The summed E-state index contributed by atoms with van der Waals surface area (Å²) < 4.78 is 13.6. The minimum atomic E-state index is -0.0791. The molecule has 0 amide bonds. The Kier molecular flexibility index (Phi) is 5.59. The summed E-state index contributed by atoms with van der Waals surface area (Å²) in [6.07, 6.45) is 0. The molecule has 0 radical (unpaired) electrons. The lowest BCUT2D eigenvalue weighted by Gasteiger charge is -2.15. The number of aryl methyl sites for hydroxylation is 1. The van der Waals surface area contributed by atoms with Gasteiger partial charge in [-0.1, -0.05) is 26.0 Å². The van der Waals surface area contributed by atoms with Crippen LogP contribution in [0.5, 0.6) is 0 Å². The summed E-state index contributed by atoms with van der Waals surface area (Å²) in [5, 5.41) is 0. The summed E-state index contributed by atoms with van der Waals surface area (Å²) in [6.45, 7) is 9.68. The van der Waals surface area contributed by atoms with Crippen molar-refractivity contribution in [1.29, 1.82) is 0 Å². The molecule has 1 saturated heterocycles. The second-order valence-corrected chi connectivity index (χ2v) is 4.37. The summed E-state index contributed by atoms with van der Waals surface area (Å²) >= 11 is 0. The van der Waals surface area contributed by atoms with Crippen LogP contribution in [0.4, 0.5) is 4.39 Å². The lowest BCUT2D eigenvalue weighted by Crippen LogP contribution is -2.23. The van der Waals surface area contributed by atoms with Gasteiger partial charge in [-0.2, -0.15) is 0 Å². The number of rotatable bonds is 2. The van der Waals surface area contributed by atoms with Crippen LogP contribution in [0.2, 0.25) is 0 Å². The van der Waals surface area contributed by atoms with E-state index in [2.05, 4.69) is 16.8 Å². The Balaban J connectivity index is 0.000000686. The van der Waals surface area contributed by atoms with Crippen molar-refractivity contribution in [3.05, 3.63) is 35.1 Å². The smallest absolute Gasteiger partial charge is 0.127 e. The first-order valence-electron chi connectivity index (χ1n) is 6.31. The maximum atomic E-state index is 13.6. The third-order valence-corrected chi connectivity index (χ3v) is 2.84. The molecule has 1 aliphatic rings. The van der Waals surface area contributed by atoms with Gasteiger partial charge in [0.1, 0.15) is 5.82 Å². The maximum absolute atomic E-state index is 13.6. The highest BCUT2D eigenvalue weighted by molar-refractivity contribution is 5.23. The van der Waals surface area contributed by atoms with Crippen LogP contribution in [-0.2, 0) is 6.54 Å². The van der Waals surface area contributed by atoms with Gasteiger partial charge in [0, 0.05) is 25.2 Å². The Labute approximate surface area is 104 Å². The van der Waals surface area contributed by atoms with E-state index in [1.807, 2.05) is 32.9 Å². The number of benzene rings is 1. The van der Waals surface area contributed by atoms with Crippen molar-refractivity contribution in [2.24, 2.45) is 0 Å². The Morgan fingerprint density at radius 2 is 1.94 bits per heavy atom. The molecule has 0 spiro atoms. The second kappa shape index (κ2) is 6.72. The number of hydrogen-bond donors (Lipinski definition) is 0. The van der Waals surface area contributed by atoms with Crippen molar-refractivity contribution >= 4 is 0 Å². The lowest BCUT2D eigenvalue weighted by atomic mass is 10.1. The van der Waals surface area contributed by atoms with Gasteiger partial charge >= 0.3 is 0 Å². The number of halogens is 1. The number of nitrogens with zero attached hydrogens (tertiary/aromatic N) is 2. The van der Waals surface area contributed by atoms with Crippen LogP contribution in [0.3, 0.4) is 0 Å². The highest BCUT2D eigenvalue weighted by Crippen LogP contribution is 2.14. The summed E-state index contributed by atoms with van der Waals surface area (Å²) in [7, 11) is 2.09. The molecule has 2 rings (SSSR count). The molecule has 1 fully saturated rings. The van der Waals surface area contributed by atoms with Crippen molar-refractivity contribution in [1.82, 2.24) is 9.80 Å². The standard InChI is InChI=1S/C12H17FN2.C2H6/c1-10-3-4-11(12(13)7-10)8-15-6-5-14(2)9-15;1-2/h3-4,7H,5-6,8-9H2,1-2H3;1-2H3. The zero-order valence-electron chi connectivity index (χ0n) is 11.3. The molecule has 0 N–H and O–H groups in total. The molecule has 1 aromatic rings. The molecule has 0 aliphatic carbocycles. The van der Waals surface area contributed by atoms with Crippen molar-refractivity contribution in [3.8, 4) is 0 Å². The van der Waals surface area contributed by atoms with Gasteiger partial charge in [0.25, 0.3) is 0 Å². The second-order valence-electron chi connectivity index (χ2n) is 4.37. The van der Waals surface area contributed by atoms with E-state index in [-0.39, 0.29) is 5.82 Å². The van der Waals surface area contributed by atoms with Gasteiger partial charge in [0.2, 0.25) is 0 Å². The molecule has 3 heteroatoms. The largest absolute Gasteiger partial charge is 0.292 e. The fourth-order valence-electron chi connectivity index (χ4n) is 1.95. The van der Waals surface area contributed by atoms with Crippen LogP contribution < -0.4 is 0 Å². The van der Waals surface area contributed by atoms with E-state index in [0.29, 0.717) is 0 Å². The van der Waals surface area contributed by atoms with Crippen LogP contribution in [0.15, 0.2) is 18.2 Å². The molecular formula is C14H23FN2. The van der Waals surface area contributed by atoms with E-state index < -0.39 is 0 Å². The Morgan fingerprint density at radius 3 is 2.47 bits per heavy atom.